The van der Waals surface area contributed by atoms with Crippen molar-refractivity contribution >= 4 is 0 Å². The molecule has 0 bridgehead atoms. The van der Waals surface area contributed by atoms with E-state index < -0.39 is 0 Å². The van der Waals surface area contributed by atoms with Gasteiger partial charge in [-0.1, -0.05) is 13.8 Å². The fraction of sp³-hybridized carbons (Fsp3) is 1.00. The van der Waals surface area contributed by atoms with Crippen molar-refractivity contribution in [3.63, 3.8) is 0 Å². The highest BCUT2D eigenvalue weighted by Gasteiger charge is 2.22. The van der Waals surface area contributed by atoms with Gasteiger partial charge in [0.1, 0.15) is 0 Å². The van der Waals surface area contributed by atoms with Crippen molar-refractivity contribution < 1.29 is 5.11 Å². The van der Waals surface area contributed by atoms with E-state index in [2.05, 4.69) is 38.0 Å². The summed E-state index contributed by atoms with van der Waals surface area (Å²) in [6.45, 7) is 9.53. The van der Waals surface area contributed by atoms with E-state index in [1.54, 1.807) is 0 Å². The molecule has 0 aromatic rings. The average Bonchev–Trinajstić information content (AvgIpc) is 2.26. The molecule has 1 aliphatic rings. The third-order valence-corrected chi connectivity index (χ3v) is 3.89. The molecule has 2 unspecified atom stereocenters. The van der Waals surface area contributed by atoms with Gasteiger partial charge in [-0.15, -0.1) is 0 Å². The molecule has 2 atom stereocenters. The van der Waals surface area contributed by atoms with E-state index in [0.29, 0.717) is 12.0 Å². The van der Waals surface area contributed by atoms with Gasteiger partial charge in [-0.3, -0.25) is 0 Å². The number of hydrogen-bond acceptors (Lipinski definition) is 3. The first-order valence-electron chi connectivity index (χ1n) is 6.60. The number of rotatable bonds is 5. The van der Waals surface area contributed by atoms with Gasteiger partial charge in [0.25, 0.3) is 0 Å². The van der Waals surface area contributed by atoms with Gasteiger partial charge in [0.05, 0.1) is 6.10 Å². The molecule has 3 heteroatoms. The van der Waals surface area contributed by atoms with Gasteiger partial charge in [-0.25, -0.2) is 0 Å². The number of likely N-dealkylation sites (tertiary alicyclic amines) is 1. The van der Waals surface area contributed by atoms with Crippen LogP contribution in [0.15, 0.2) is 0 Å². The van der Waals surface area contributed by atoms with Crippen LogP contribution in [0, 0.1) is 11.8 Å². The van der Waals surface area contributed by atoms with Crippen LogP contribution < -0.4 is 5.32 Å². The second-order valence-electron chi connectivity index (χ2n) is 5.65. The standard InChI is InChI=1S/C13H28N2O/c1-10(2)13(16)9-14-11(3)12-5-7-15(4)8-6-12/h10-14,16H,5-9H2,1-4H3. The summed E-state index contributed by atoms with van der Waals surface area (Å²) in [5.74, 6) is 1.12. The number of aliphatic hydroxyl groups excluding tert-OH is 1. The van der Waals surface area contributed by atoms with E-state index in [1.807, 2.05) is 0 Å². The Morgan fingerprint density at radius 2 is 1.81 bits per heavy atom. The van der Waals surface area contributed by atoms with Crippen LogP contribution in [-0.4, -0.2) is 48.8 Å². The van der Waals surface area contributed by atoms with Crippen LogP contribution in [0.4, 0.5) is 0 Å². The van der Waals surface area contributed by atoms with E-state index in [9.17, 15) is 5.11 Å². The highest BCUT2D eigenvalue weighted by molar-refractivity contribution is 4.79. The Morgan fingerprint density at radius 1 is 1.25 bits per heavy atom. The van der Waals surface area contributed by atoms with E-state index in [-0.39, 0.29) is 6.10 Å². The Bertz CT molecular complexity index is 188. The molecule has 0 radical (unpaired) electrons. The summed E-state index contributed by atoms with van der Waals surface area (Å²) >= 11 is 0. The largest absolute Gasteiger partial charge is 0.392 e. The maximum atomic E-state index is 9.75. The van der Waals surface area contributed by atoms with Crippen molar-refractivity contribution in [3.8, 4) is 0 Å². The topological polar surface area (TPSA) is 35.5 Å². The number of aliphatic hydroxyl groups is 1. The average molecular weight is 228 g/mol. The van der Waals surface area contributed by atoms with E-state index in [4.69, 9.17) is 0 Å². The summed E-state index contributed by atoms with van der Waals surface area (Å²) in [4.78, 5) is 2.40. The molecule has 1 heterocycles. The van der Waals surface area contributed by atoms with Crippen molar-refractivity contribution in [1.29, 1.82) is 0 Å². The molecule has 1 saturated heterocycles. The van der Waals surface area contributed by atoms with Gasteiger partial charge in [-0.05, 0) is 51.7 Å². The van der Waals surface area contributed by atoms with Crippen LogP contribution in [0.1, 0.15) is 33.6 Å². The second kappa shape index (κ2) is 6.58. The smallest absolute Gasteiger partial charge is 0.0687 e. The molecule has 16 heavy (non-hydrogen) atoms. The molecular formula is C13H28N2O. The Morgan fingerprint density at radius 3 is 2.31 bits per heavy atom. The molecule has 0 aromatic heterocycles. The fourth-order valence-electron chi connectivity index (χ4n) is 2.24. The zero-order chi connectivity index (χ0) is 12.1. The van der Waals surface area contributed by atoms with E-state index in [0.717, 1.165) is 12.5 Å². The molecule has 0 amide bonds. The third-order valence-electron chi connectivity index (χ3n) is 3.89. The summed E-state index contributed by atoms with van der Waals surface area (Å²) in [6, 6.07) is 0.530. The van der Waals surface area contributed by atoms with Gasteiger partial charge in [0.15, 0.2) is 0 Å². The van der Waals surface area contributed by atoms with Crippen molar-refractivity contribution in [2.75, 3.05) is 26.7 Å². The summed E-state index contributed by atoms with van der Waals surface area (Å²) in [5.41, 5.74) is 0. The molecule has 0 aromatic carbocycles. The van der Waals surface area contributed by atoms with Crippen LogP contribution in [0.5, 0.6) is 0 Å². The predicted octanol–water partition coefficient (Wildman–Crippen LogP) is 1.32. The van der Waals surface area contributed by atoms with Crippen molar-refractivity contribution in [3.05, 3.63) is 0 Å². The second-order valence-corrected chi connectivity index (χ2v) is 5.65. The summed E-state index contributed by atoms with van der Waals surface area (Å²) in [7, 11) is 2.19. The van der Waals surface area contributed by atoms with Gasteiger partial charge >= 0.3 is 0 Å². The number of hydrogen-bond donors (Lipinski definition) is 2. The molecule has 2 N–H and O–H groups in total. The lowest BCUT2D eigenvalue weighted by Gasteiger charge is -2.33. The zero-order valence-corrected chi connectivity index (χ0v) is 11.2. The highest BCUT2D eigenvalue weighted by atomic mass is 16.3. The van der Waals surface area contributed by atoms with Crippen LogP contribution in [0.3, 0.4) is 0 Å². The molecule has 1 rings (SSSR count). The van der Waals surface area contributed by atoms with Crippen molar-refractivity contribution in [2.24, 2.45) is 11.8 Å². The first-order valence-corrected chi connectivity index (χ1v) is 6.60. The molecule has 96 valence electrons. The summed E-state index contributed by atoms with van der Waals surface area (Å²) < 4.78 is 0. The first kappa shape index (κ1) is 13.9. The van der Waals surface area contributed by atoms with Crippen LogP contribution in [0.2, 0.25) is 0 Å². The molecule has 3 nitrogen and oxygen atoms in total. The monoisotopic (exact) mass is 228 g/mol. The Hall–Kier alpha value is -0.120. The molecule has 0 spiro atoms. The first-order chi connectivity index (χ1) is 7.50. The number of nitrogens with zero attached hydrogens (tertiary/aromatic N) is 1. The summed E-state index contributed by atoms with van der Waals surface area (Å²) in [6.07, 6.45) is 2.35. The molecule has 1 fully saturated rings. The van der Waals surface area contributed by atoms with Gasteiger partial charge in [0.2, 0.25) is 0 Å². The van der Waals surface area contributed by atoms with Crippen molar-refractivity contribution in [1.82, 2.24) is 10.2 Å². The zero-order valence-electron chi connectivity index (χ0n) is 11.2. The fourth-order valence-corrected chi connectivity index (χ4v) is 2.24. The quantitative estimate of drug-likeness (QED) is 0.745. The molecule has 0 aliphatic carbocycles. The van der Waals surface area contributed by atoms with Crippen molar-refractivity contribution in [2.45, 2.75) is 45.8 Å². The molecular weight excluding hydrogens is 200 g/mol. The Labute approximate surface area is 100 Å². The minimum absolute atomic E-state index is 0.214. The number of nitrogens with one attached hydrogen (secondary N) is 1. The lowest BCUT2D eigenvalue weighted by molar-refractivity contribution is 0.112. The van der Waals surface area contributed by atoms with Crippen LogP contribution >= 0.6 is 0 Å². The minimum atomic E-state index is -0.214. The normalized spacial score (nSPS) is 23.6. The predicted molar refractivity (Wildman–Crippen MR) is 68.5 cm³/mol. The van der Waals surface area contributed by atoms with Gasteiger partial charge < -0.3 is 15.3 Å². The highest BCUT2D eigenvalue weighted by Crippen LogP contribution is 2.19. The number of piperidine rings is 1. The maximum Gasteiger partial charge on any atom is 0.0687 e. The van der Waals surface area contributed by atoms with Gasteiger partial charge in [0, 0.05) is 12.6 Å². The maximum absolute atomic E-state index is 9.75. The molecule has 1 aliphatic heterocycles. The van der Waals surface area contributed by atoms with E-state index in [1.165, 1.54) is 25.9 Å². The Balaban J connectivity index is 2.22. The molecule has 0 saturated carbocycles. The Kier molecular flexibility index (Phi) is 5.73. The lowest BCUT2D eigenvalue weighted by Crippen LogP contribution is -2.43. The lowest BCUT2D eigenvalue weighted by atomic mass is 9.90. The van der Waals surface area contributed by atoms with Gasteiger partial charge in [-0.2, -0.15) is 0 Å². The van der Waals surface area contributed by atoms with Crippen LogP contribution in [-0.2, 0) is 0 Å². The third kappa shape index (κ3) is 4.40. The minimum Gasteiger partial charge on any atom is -0.392 e. The summed E-state index contributed by atoms with van der Waals surface area (Å²) in [5, 5.41) is 13.2. The van der Waals surface area contributed by atoms with Crippen LogP contribution in [0.25, 0.3) is 0 Å². The van der Waals surface area contributed by atoms with E-state index >= 15 is 0 Å². The SMILES string of the molecule is CC(C)C(O)CNC(C)C1CCN(C)CC1.